The van der Waals surface area contributed by atoms with Gasteiger partial charge in [-0.25, -0.2) is 4.39 Å². The maximum Gasteiger partial charge on any atom is 0.416 e. The van der Waals surface area contributed by atoms with Gasteiger partial charge in [0.05, 0.1) is 23.9 Å². The molecule has 0 fully saturated rings. The van der Waals surface area contributed by atoms with E-state index in [2.05, 4.69) is 5.32 Å². The molecule has 0 aliphatic carbocycles. The summed E-state index contributed by atoms with van der Waals surface area (Å²) < 4.78 is 62.7. The van der Waals surface area contributed by atoms with E-state index in [1.54, 1.807) is 18.2 Å². The molecule has 136 valence electrons. The van der Waals surface area contributed by atoms with Crippen LogP contribution in [0.2, 0.25) is 0 Å². The lowest BCUT2D eigenvalue weighted by molar-refractivity contribution is -0.137. The Hall–Kier alpha value is -3.03. The van der Waals surface area contributed by atoms with Crippen LogP contribution in [0.4, 0.5) is 23.2 Å². The van der Waals surface area contributed by atoms with Crippen LogP contribution < -0.4 is 14.8 Å². The number of para-hydroxylation sites is 1. The normalized spacial score (nSPS) is 13.3. The highest BCUT2D eigenvalue weighted by Gasteiger charge is 2.31. The third-order valence-corrected chi connectivity index (χ3v) is 3.76. The minimum Gasteiger partial charge on any atom is -0.493 e. The molecule has 0 unspecified atom stereocenters. The molecule has 0 radical (unpaired) electrons. The molecule has 8 heteroatoms. The van der Waals surface area contributed by atoms with Crippen molar-refractivity contribution in [1.82, 2.24) is 0 Å². The van der Waals surface area contributed by atoms with E-state index in [4.69, 9.17) is 9.47 Å². The highest BCUT2D eigenvalue weighted by molar-refractivity contribution is 6.07. The highest BCUT2D eigenvalue weighted by atomic mass is 19.4. The number of methoxy groups -OCH3 is 1. The van der Waals surface area contributed by atoms with Crippen molar-refractivity contribution in [3.05, 3.63) is 58.9 Å². The van der Waals surface area contributed by atoms with Crippen LogP contribution in [0.1, 0.15) is 11.1 Å². The molecule has 1 aliphatic heterocycles. The first-order chi connectivity index (χ1) is 12.3. The predicted octanol–water partition coefficient (Wildman–Crippen LogP) is 4.27. The van der Waals surface area contributed by atoms with Gasteiger partial charge in [-0.1, -0.05) is 12.1 Å². The number of hydrogen-bond donors (Lipinski definition) is 1. The minimum atomic E-state index is -4.64. The first kappa shape index (κ1) is 17.8. The van der Waals surface area contributed by atoms with Gasteiger partial charge >= 0.3 is 6.18 Å². The van der Waals surface area contributed by atoms with Crippen LogP contribution in [0, 0.1) is 5.82 Å². The summed E-state index contributed by atoms with van der Waals surface area (Å²) in [5, 5.41) is 2.16. The number of nitrogens with one attached hydrogen (secondary N) is 1. The van der Waals surface area contributed by atoms with Crippen LogP contribution in [0.25, 0.3) is 6.08 Å². The third-order valence-electron chi connectivity index (χ3n) is 3.76. The Morgan fingerprint density at radius 2 is 2.00 bits per heavy atom. The third kappa shape index (κ3) is 3.49. The summed E-state index contributed by atoms with van der Waals surface area (Å²) in [6.07, 6.45) is -3.13. The Balaban J connectivity index is 1.86. The van der Waals surface area contributed by atoms with Crippen LogP contribution in [0.3, 0.4) is 0 Å². The number of anilines is 1. The van der Waals surface area contributed by atoms with Crippen molar-refractivity contribution >= 4 is 17.7 Å². The van der Waals surface area contributed by atoms with Crippen molar-refractivity contribution in [2.24, 2.45) is 0 Å². The summed E-state index contributed by atoms with van der Waals surface area (Å²) >= 11 is 0. The van der Waals surface area contributed by atoms with E-state index in [1.165, 1.54) is 13.2 Å². The van der Waals surface area contributed by atoms with Crippen molar-refractivity contribution in [3.8, 4) is 11.5 Å². The van der Waals surface area contributed by atoms with Gasteiger partial charge in [0.25, 0.3) is 5.91 Å². The monoisotopic (exact) mass is 367 g/mol. The molecule has 0 aromatic heterocycles. The molecule has 0 atom stereocenters. The summed E-state index contributed by atoms with van der Waals surface area (Å²) in [5.74, 6) is -0.777. The zero-order valence-electron chi connectivity index (χ0n) is 13.5. The summed E-state index contributed by atoms with van der Waals surface area (Å²) in [5.41, 5.74) is -0.895. The Morgan fingerprint density at radius 3 is 2.69 bits per heavy atom. The van der Waals surface area contributed by atoms with Gasteiger partial charge in [-0.15, -0.1) is 0 Å². The Morgan fingerprint density at radius 1 is 1.23 bits per heavy atom. The number of alkyl halides is 3. The fourth-order valence-corrected chi connectivity index (χ4v) is 2.47. The van der Waals surface area contributed by atoms with Gasteiger partial charge in [-0.2, -0.15) is 13.2 Å². The van der Waals surface area contributed by atoms with Crippen molar-refractivity contribution in [1.29, 1.82) is 0 Å². The second kappa shape index (κ2) is 6.70. The fourth-order valence-electron chi connectivity index (χ4n) is 2.47. The lowest BCUT2D eigenvalue weighted by Gasteiger charge is -2.20. The van der Waals surface area contributed by atoms with Crippen molar-refractivity contribution in [2.45, 2.75) is 6.18 Å². The topological polar surface area (TPSA) is 47.6 Å². The highest BCUT2D eigenvalue weighted by Crippen LogP contribution is 2.36. The van der Waals surface area contributed by atoms with Gasteiger partial charge in [0.1, 0.15) is 12.4 Å². The Bertz CT molecular complexity index is 890. The van der Waals surface area contributed by atoms with E-state index in [0.29, 0.717) is 35.3 Å². The molecule has 1 amide bonds. The molecule has 0 bridgehead atoms. The summed E-state index contributed by atoms with van der Waals surface area (Å²) in [6.45, 7) is -0.125. The average molecular weight is 367 g/mol. The molecule has 2 aromatic rings. The van der Waals surface area contributed by atoms with Crippen molar-refractivity contribution in [3.63, 3.8) is 0 Å². The quantitative estimate of drug-likeness (QED) is 0.825. The molecule has 1 heterocycles. The molecule has 0 saturated carbocycles. The van der Waals surface area contributed by atoms with E-state index < -0.39 is 29.2 Å². The maximum absolute atomic E-state index is 13.8. The number of carbonyl (C=O) groups is 1. The number of ether oxygens (including phenoxy) is 2. The van der Waals surface area contributed by atoms with E-state index in [1.807, 2.05) is 0 Å². The molecule has 3 rings (SSSR count). The van der Waals surface area contributed by atoms with Crippen LogP contribution in [0.5, 0.6) is 11.5 Å². The van der Waals surface area contributed by atoms with Crippen LogP contribution in [0.15, 0.2) is 42.0 Å². The van der Waals surface area contributed by atoms with Gasteiger partial charge in [0.2, 0.25) is 0 Å². The molecule has 2 aromatic carbocycles. The summed E-state index contributed by atoms with van der Waals surface area (Å²) in [6, 6.07) is 6.89. The number of rotatable bonds is 3. The molecule has 0 saturated heterocycles. The van der Waals surface area contributed by atoms with Crippen LogP contribution >= 0.6 is 0 Å². The minimum absolute atomic E-state index is 0.125. The zero-order chi connectivity index (χ0) is 18.9. The molecule has 0 spiro atoms. The lowest BCUT2D eigenvalue weighted by atomic mass is 10.1. The second-order valence-corrected chi connectivity index (χ2v) is 5.48. The maximum atomic E-state index is 13.8. The SMILES string of the molecule is COc1cccc2c1OCC(C(=O)Nc1cc(C(F)(F)F)ccc1F)=C2. The lowest BCUT2D eigenvalue weighted by Crippen LogP contribution is -2.22. The van der Waals surface area contributed by atoms with Gasteiger partial charge in [0, 0.05) is 5.56 Å². The Labute approximate surface area is 146 Å². The van der Waals surface area contributed by atoms with Crippen molar-refractivity contribution < 1.29 is 31.8 Å². The van der Waals surface area contributed by atoms with Crippen LogP contribution in [-0.4, -0.2) is 19.6 Å². The fraction of sp³-hybridized carbons (Fsp3) is 0.167. The number of fused-ring (bicyclic) bond motifs is 1. The second-order valence-electron chi connectivity index (χ2n) is 5.48. The average Bonchev–Trinajstić information content (AvgIpc) is 2.61. The molecular formula is C18H13F4NO3. The molecule has 1 aliphatic rings. The molecular weight excluding hydrogens is 354 g/mol. The van der Waals surface area contributed by atoms with Gasteiger partial charge in [0.15, 0.2) is 11.5 Å². The summed E-state index contributed by atoms with van der Waals surface area (Å²) in [4.78, 5) is 12.3. The Kier molecular flexibility index (Phi) is 4.58. The van der Waals surface area contributed by atoms with E-state index in [-0.39, 0.29) is 12.2 Å². The van der Waals surface area contributed by atoms with Crippen LogP contribution in [-0.2, 0) is 11.0 Å². The standard InChI is InChI=1S/C18H13F4NO3/c1-25-15-4-2-3-10-7-11(9-26-16(10)15)17(24)23-14-8-12(18(20,21)22)5-6-13(14)19/h2-8H,9H2,1H3,(H,23,24). The number of amides is 1. The number of benzene rings is 2. The number of halogens is 4. The molecule has 1 N–H and O–H groups in total. The molecule has 26 heavy (non-hydrogen) atoms. The zero-order valence-corrected chi connectivity index (χ0v) is 13.5. The van der Waals surface area contributed by atoms with Gasteiger partial charge in [-0.05, 0) is 30.3 Å². The molecule has 4 nitrogen and oxygen atoms in total. The van der Waals surface area contributed by atoms with Gasteiger partial charge in [-0.3, -0.25) is 4.79 Å². The number of hydrogen-bond acceptors (Lipinski definition) is 3. The van der Waals surface area contributed by atoms with E-state index in [0.717, 1.165) is 0 Å². The van der Waals surface area contributed by atoms with E-state index in [9.17, 15) is 22.4 Å². The van der Waals surface area contributed by atoms with E-state index >= 15 is 0 Å². The van der Waals surface area contributed by atoms with Gasteiger partial charge < -0.3 is 14.8 Å². The first-order valence-corrected chi connectivity index (χ1v) is 7.48. The largest absolute Gasteiger partial charge is 0.493 e. The first-order valence-electron chi connectivity index (χ1n) is 7.48. The predicted molar refractivity (Wildman–Crippen MR) is 86.5 cm³/mol. The smallest absolute Gasteiger partial charge is 0.416 e. The number of carbonyl (C=O) groups excluding carboxylic acids is 1. The van der Waals surface area contributed by atoms with Crippen molar-refractivity contribution in [2.75, 3.05) is 19.0 Å². The summed E-state index contributed by atoms with van der Waals surface area (Å²) in [7, 11) is 1.47.